The van der Waals surface area contributed by atoms with Crippen molar-refractivity contribution < 1.29 is 19.4 Å². The smallest absolute Gasteiger partial charge is 0.404 e. The second-order valence-electron chi connectivity index (χ2n) is 10.1. The summed E-state index contributed by atoms with van der Waals surface area (Å²) in [6.07, 6.45) is 2.21. The second-order valence-corrected chi connectivity index (χ2v) is 11.9. The molecule has 1 heterocycles. The largest absolute Gasteiger partial charge is 0.496 e. The van der Waals surface area contributed by atoms with Gasteiger partial charge in [0.2, 0.25) is 0 Å². The second kappa shape index (κ2) is 12.5. The van der Waals surface area contributed by atoms with Crippen LogP contribution in [0.25, 0.3) is 21.2 Å². The van der Waals surface area contributed by atoms with Crippen LogP contribution in [0.2, 0.25) is 10.0 Å². The van der Waals surface area contributed by atoms with E-state index in [1.165, 1.54) is 11.3 Å². The highest BCUT2D eigenvalue weighted by Gasteiger charge is 2.32. The molecular formula is C31H30Cl2N2O4S. The maximum atomic E-state index is 14.2. The number of hydrogen-bond acceptors (Lipinski definition) is 4. The third-order valence-corrected chi connectivity index (χ3v) is 9.50. The average Bonchev–Trinajstić information content (AvgIpc) is 3.31. The standard InChI is InChI=1S/C31H30Cl2N2O4S/c1-39-26-15-10-21(20-8-11-23(32)12-9-20)16-22(26)18-35(24-13-6-19(7-14-24)17-34-31(37)38)30(36)29-28(33)25-4-2-3-5-27(25)40-29/h2-5,8-12,15-16,19,24,34H,6-7,13-14,17-18H2,1H3,(H,37,38). The first-order valence-electron chi connectivity index (χ1n) is 13.2. The van der Waals surface area contributed by atoms with Crippen molar-refractivity contribution in [3.63, 3.8) is 0 Å². The van der Waals surface area contributed by atoms with E-state index >= 15 is 0 Å². The highest BCUT2D eigenvalue weighted by molar-refractivity contribution is 7.21. The molecule has 1 saturated carbocycles. The van der Waals surface area contributed by atoms with Crippen molar-refractivity contribution in [2.45, 2.75) is 38.3 Å². The molecule has 0 radical (unpaired) electrons. The van der Waals surface area contributed by atoms with Crippen LogP contribution in [0.3, 0.4) is 0 Å². The van der Waals surface area contributed by atoms with E-state index in [9.17, 15) is 9.59 Å². The van der Waals surface area contributed by atoms with Crippen LogP contribution in [0.15, 0.2) is 66.7 Å². The number of carbonyl (C=O) groups excluding carboxylic acids is 1. The van der Waals surface area contributed by atoms with Crippen LogP contribution in [0.1, 0.15) is 40.9 Å². The summed E-state index contributed by atoms with van der Waals surface area (Å²) in [6, 6.07) is 21.4. The minimum Gasteiger partial charge on any atom is -0.496 e. The molecule has 1 fully saturated rings. The molecule has 2 amide bonds. The Hall–Kier alpha value is -3.26. The maximum absolute atomic E-state index is 14.2. The highest BCUT2D eigenvalue weighted by atomic mass is 35.5. The van der Waals surface area contributed by atoms with E-state index in [4.69, 9.17) is 33.0 Å². The van der Waals surface area contributed by atoms with Crippen molar-refractivity contribution in [3.05, 3.63) is 87.2 Å². The molecule has 4 aromatic rings. The zero-order valence-corrected chi connectivity index (χ0v) is 24.4. The Bertz CT molecular complexity index is 1510. The number of nitrogens with one attached hydrogen (secondary N) is 1. The number of carboxylic acid groups (broad SMARTS) is 1. The molecule has 0 saturated heterocycles. The fourth-order valence-corrected chi connectivity index (χ4v) is 7.04. The average molecular weight is 598 g/mol. The van der Waals surface area contributed by atoms with Crippen molar-refractivity contribution >= 4 is 56.6 Å². The van der Waals surface area contributed by atoms with Crippen molar-refractivity contribution in [2.75, 3.05) is 13.7 Å². The van der Waals surface area contributed by atoms with Crippen LogP contribution >= 0.6 is 34.5 Å². The summed E-state index contributed by atoms with van der Waals surface area (Å²) in [5.74, 6) is 0.856. The normalized spacial score (nSPS) is 17.0. The number of fused-ring (bicyclic) bond motifs is 1. The van der Waals surface area contributed by atoms with Crippen LogP contribution in [-0.4, -0.2) is 41.7 Å². The van der Waals surface area contributed by atoms with E-state index in [0.29, 0.717) is 33.8 Å². The Morgan fingerprint density at radius 2 is 1.70 bits per heavy atom. The summed E-state index contributed by atoms with van der Waals surface area (Å²) in [5, 5.41) is 13.5. The minimum atomic E-state index is -1.01. The lowest BCUT2D eigenvalue weighted by Crippen LogP contribution is -2.43. The number of thiophene rings is 1. The fourth-order valence-electron chi connectivity index (χ4n) is 5.45. The molecule has 6 nitrogen and oxygen atoms in total. The van der Waals surface area contributed by atoms with E-state index in [1.54, 1.807) is 7.11 Å². The SMILES string of the molecule is COc1ccc(-c2ccc(Cl)cc2)cc1CN(C(=O)c1sc2ccccc2c1Cl)C1CCC(CNC(=O)O)CC1. The van der Waals surface area contributed by atoms with Gasteiger partial charge in [-0.15, -0.1) is 11.3 Å². The Morgan fingerprint density at radius 1 is 1.00 bits per heavy atom. The zero-order chi connectivity index (χ0) is 28.2. The number of ether oxygens (including phenoxy) is 1. The van der Waals surface area contributed by atoms with Crippen molar-refractivity contribution in [1.82, 2.24) is 10.2 Å². The molecule has 208 valence electrons. The summed E-state index contributed by atoms with van der Waals surface area (Å²) < 4.78 is 6.70. The van der Waals surface area contributed by atoms with E-state index in [-0.39, 0.29) is 17.9 Å². The fraction of sp³-hybridized carbons (Fsp3) is 0.290. The van der Waals surface area contributed by atoms with Gasteiger partial charge in [-0.3, -0.25) is 4.79 Å². The van der Waals surface area contributed by atoms with Gasteiger partial charge in [-0.1, -0.05) is 59.6 Å². The van der Waals surface area contributed by atoms with Crippen LogP contribution in [0.5, 0.6) is 5.75 Å². The van der Waals surface area contributed by atoms with E-state index in [0.717, 1.165) is 52.5 Å². The molecule has 1 aromatic heterocycles. The summed E-state index contributed by atoms with van der Waals surface area (Å²) in [6.45, 7) is 0.784. The monoisotopic (exact) mass is 596 g/mol. The van der Waals surface area contributed by atoms with E-state index < -0.39 is 6.09 Å². The molecule has 9 heteroatoms. The quantitative estimate of drug-likeness (QED) is 0.214. The van der Waals surface area contributed by atoms with Gasteiger partial charge in [-0.05, 0) is 73.1 Å². The lowest BCUT2D eigenvalue weighted by Gasteiger charge is -2.37. The third kappa shape index (κ3) is 6.22. The number of carbonyl (C=O) groups is 2. The summed E-state index contributed by atoms with van der Waals surface area (Å²) in [5.41, 5.74) is 2.92. The molecule has 1 aliphatic carbocycles. The van der Waals surface area contributed by atoms with Crippen LogP contribution < -0.4 is 10.1 Å². The van der Waals surface area contributed by atoms with Gasteiger partial charge >= 0.3 is 6.09 Å². The Labute approximate surface area is 247 Å². The summed E-state index contributed by atoms with van der Waals surface area (Å²) in [7, 11) is 1.64. The molecule has 40 heavy (non-hydrogen) atoms. The van der Waals surface area contributed by atoms with Gasteiger partial charge < -0.3 is 20.1 Å². The number of methoxy groups -OCH3 is 1. The first kappa shape index (κ1) is 28.3. The predicted octanol–water partition coefficient (Wildman–Crippen LogP) is 8.35. The van der Waals surface area contributed by atoms with Crippen LogP contribution in [0.4, 0.5) is 4.79 Å². The molecule has 0 spiro atoms. The van der Waals surface area contributed by atoms with Gasteiger partial charge in [-0.2, -0.15) is 0 Å². The molecule has 0 atom stereocenters. The molecule has 0 unspecified atom stereocenters. The molecule has 5 rings (SSSR count). The van der Waals surface area contributed by atoms with Crippen LogP contribution in [-0.2, 0) is 6.54 Å². The predicted molar refractivity (Wildman–Crippen MR) is 162 cm³/mol. The van der Waals surface area contributed by atoms with Gasteiger partial charge in [-0.25, -0.2) is 4.79 Å². The molecule has 1 aliphatic rings. The molecular weight excluding hydrogens is 567 g/mol. The Kier molecular flexibility index (Phi) is 8.84. The van der Waals surface area contributed by atoms with Gasteiger partial charge in [0.15, 0.2) is 0 Å². The minimum absolute atomic E-state index is 0.0150. The molecule has 2 N–H and O–H groups in total. The molecule has 3 aromatic carbocycles. The summed E-state index contributed by atoms with van der Waals surface area (Å²) >= 11 is 14.3. The lowest BCUT2D eigenvalue weighted by molar-refractivity contribution is 0.0592. The highest BCUT2D eigenvalue weighted by Crippen LogP contribution is 2.39. The number of hydrogen-bond donors (Lipinski definition) is 2. The van der Waals surface area contributed by atoms with Crippen molar-refractivity contribution in [1.29, 1.82) is 0 Å². The number of halogens is 2. The maximum Gasteiger partial charge on any atom is 0.404 e. The molecule has 0 bridgehead atoms. The van der Waals surface area contributed by atoms with E-state index in [1.807, 2.05) is 65.6 Å². The van der Waals surface area contributed by atoms with Crippen LogP contribution in [0, 0.1) is 5.92 Å². The molecule has 0 aliphatic heterocycles. The van der Waals surface area contributed by atoms with Gasteiger partial charge in [0.1, 0.15) is 10.6 Å². The number of amides is 2. The Morgan fingerprint density at radius 3 is 2.38 bits per heavy atom. The van der Waals surface area contributed by atoms with Crippen molar-refractivity contribution in [2.24, 2.45) is 5.92 Å². The first-order valence-corrected chi connectivity index (χ1v) is 14.8. The number of nitrogens with zero attached hydrogens (tertiary/aromatic N) is 1. The van der Waals surface area contributed by atoms with Crippen molar-refractivity contribution in [3.8, 4) is 16.9 Å². The number of benzene rings is 3. The van der Waals surface area contributed by atoms with Gasteiger partial charge in [0.25, 0.3) is 5.91 Å². The summed E-state index contributed by atoms with van der Waals surface area (Å²) in [4.78, 5) is 27.7. The van der Waals surface area contributed by atoms with Gasteiger partial charge in [0, 0.05) is 39.8 Å². The van der Waals surface area contributed by atoms with E-state index in [2.05, 4.69) is 11.4 Å². The lowest BCUT2D eigenvalue weighted by atomic mass is 9.85. The van der Waals surface area contributed by atoms with Gasteiger partial charge in [0.05, 0.1) is 12.1 Å². The zero-order valence-electron chi connectivity index (χ0n) is 22.0. The topological polar surface area (TPSA) is 78.9 Å². The third-order valence-electron chi connectivity index (χ3n) is 7.59. The first-order chi connectivity index (χ1) is 19.3. The Balaban J connectivity index is 1.48. The number of rotatable bonds is 8.